The SMILES string of the molecule is COCC1(C(=O)N2CCCC(C(=O)Cc3ccccc3)C2)CCC1. The largest absolute Gasteiger partial charge is 0.384 e. The Hall–Kier alpha value is -1.68. The molecule has 3 rings (SSSR count). The Kier molecular flexibility index (Phi) is 5.34. The van der Waals surface area contributed by atoms with Gasteiger partial charge in [-0.05, 0) is 31.2 Å². The molecule has 1 aliphatic heterocycles. The number of likely N-dealkylation sites (tertiary alicyclic amines) is 1. The molecule has 1 saturated heterocycles. The van der Waals surface area contributed by atoms with Crippen molar-refractivity contribution in [2.45, 2.75) is 38.5 Å². The summed E-state index contributed by atoms with van der Waals surface area (Å²) in [5.74, 6) is 0.434. The average molecular weight is 329 g/mol. The number of ketones is 1. The van der Waals surface area contributed by atoms with Gasteiger partial charge in [0.1, 0.15) is 5.78 Å². The van der Waals surface area contributed by atoms with Crippen LogP contribution in [0.4, 0.5) is 0 Å². The molecule has 0 aromatic heterocycles. The summed E-state index contributed by atoms with van der Waals surface area (Å²) in [4.78, 5) is 27.5. The van der Waals surface area contributed by atoms with E-state index >= 15 is 0 Å². The fraction of sp³-hybridized carbons (Fsp3) is 0.600. The Balaban J connectivity index is 1.61. The topological polar surface area (TPSA) is 46.6 Å². The quantitative estimate of drug-likeness (QED) is 0.806. The van der Waals surface area contributed by atoms with Gasteiger partial charge in [-0.25, -0.2) is 0 Å². The van der Waals surface area contributed by atoms with E-state index in [2.05, 4.69) is 0 Å². The number of amides is 1. The van der Waals surface area contributed by atoms with Crippen LogP contribution in [0, 0.1) is 11.3 Å². The highest BCUT2D eigenvalue weighted by molar-refractivity contribution is 5.87. The monoisotopic (exact) mass is 329 g/mol. The van der Waals surface area contributed by atoms with Crippen molar-refractivity contribution in [3.8, 4) is 0 Å². The van der Waals surface area contributed by atoms with Crippen molar-refractivity contribution >= 4 is 11.7 Å². The first-order valence-corrected chi connectivity index (χ1v) is 8.99. The fourth-order valence-electron chi connectivity index (χ4n) is 4.00. The summed E-state index contributed by atoms with van der Waals surface area (Å²) in [6, 6.07) is 9.87. The minimum absolute atomic E-state index is 0.0254. The zero-order valence-electron chi connectivity index (χ0n) is 14.5. The number of rotatable bonds is 6. The predicted octanol–water partition coefficient (Wildman–Crippen LogP) is 2.85. The first kappa shape index (κ1) is 17.2. The first-order chi connectivity index (χ1) is 11.6. The number of methoxy groups -OCH3 is 1. The predicted molar refractivity (Wildman–Crippen MR) is 92.6 cm³/mol. The second-order valence-corrected chi connectivity index (χ2v) is 7.29. The Bertz CT molecular complexity index is 580. The summed E-state index contributed by atoms with van der Waals surface area (Å²) in [6.07, 6.45) is 5.21. The van der Waals surface area contributed by atoms with E-state index < -0.39 is 0 Å². The van der Waals surface area contributed by atoms with Crippen molar-refractivity contribution in [1.82, 2.24) is 4.90 Å². The molecule has 4 nitrogen and oxygen atoms in total. The number of carbonyl (C=O) groups excluding carboxylic acids is 2. The van der Waals surface area contributed by atoms with Crippen LogP contribution in [0.2, 0.25) is 0 Å². The molecule has 24 heavy (non-hydrogen) atoms. The summed E-state index contributed by atoms with van der Waals surface area (Å²) in [7, 11) is 1.66. The highest BCUT2D eigenvalue weighted by atomic mass is 16.5. The first-order valence-electron chi connectivity index (χ1n) is 8.99. The zero-order valence-corrected chi connectivity index (χ0v) is 14.5. The molecule has 2 fully saturated rings. The van der Waals surface area contributed by atoms with Crippen LogP contribution in [-0.2, 0) is 20.7 Å². The molecule has 0 N–H and O–H groups in total. The number of ether oxygens (including phenoxy) is 1. The second kappa shape index (κ2) is 7.47. The maximum absolute atomic E-state index is 13.0. The van der Waals surface area contributed by atoms with Crippen molar-refractivity contribution in [2.24, 2.45) is 11.3 Å². The third kappa shape index (κ3) is 3.54. The molecule has 0 spiro atoms. The van der Waals surface area contributed by atoms with Crippen molar-refractivity contribution in [3.63, 3.8) is 0 Å². The van der Waals surface area contributed by atoms with Crippen LogP contribution >= 0.6 is 0 Å². The molecular weight excluding hydrogens is 302 g/mol. The van der Waals surface area contributed by atoms with Crippen molar-refractivity contribution in [2.75, 3.05) is 26.8 Å². The van der Waals surface area contributed by atoms with Gasteiger partial charge in [-0.2, -0.15) is 0 Å². The Morgan fingerprint density at radius 1 is 1.21 bits per heavy atom. The highest BCUT2D eigenvalue weighted by Crippen LogP contribution is 2.43. The molecule has 1 saturated carbocycles. The standard InChI is InChI=1S/C20H27NO3/c1-24-15-20(10-6-11-20)19(23)21-12-5-9-17(14-21)18(22)13-16-7-3-2-4-8-16/h2-4,7-8,17H,5-6,9-15H2,1H3. The molecule has 1 heterocycles. The van der Waals surface area contributed by atoms with Gasteiger partial charge in [-0.15, -0.1) is 0 Å². The molecule has 4 heteroatoms. The maximum atomic E-state index is 13.0. The number of nitrogens with zero attached hydrogens (tertiary/aromatic N) is 1. The van der Waals surface area contributed by atoms with Gasteiger partial charge in [0.2, 0.25) is 5.91 Å². The van der Waals surface area contributed by atoms with Crippen molar-refractivity contribution in [1.29, 1.82) is 0 Å². The minimum atomic E-state index is -0.320. The van der Waals surface area contributed by atoms with Crippen LogP contribution in [0.1, 0.15) is 37.7 Å². The number of piperidine rings is 1. The lowest BCUT2D eigenvalue weighted by Crippen LogP contribution is -2.53. The highest BCUT2D eigenvalue weighted by Gasteiger charge is 2.47. The van der Waals surface area contributed by atoms with Gasteiger partial charge >= 0.3 is 0 Å². The van der Waals surface area contributed by atoms with Crippen LogP contribution < -0.4 is 0 Å². The second-order valence-electron chi connectivity index (χ2n) is 7.29. The molecule has 1 amide bonds. The molecule has 0 radical (unpaired) electrons. The molecule has 2 aliphatic rings. The summed E-state index contributed by atoms with van der Waals surface area (Å²) < 4.78 is 5.30. The van der Waals surface area contributed by atoms with E-state index in [9.17, 15) is 9.59 Å². The van der Waals surface area contributed by atoms with Crippen molar-refractivity contribution in [3.05, 3.63) is 35.9 Å². The normalized spacial score (nSPS) is 22.7. The lowest BCUT2D eigenvalue weighted by Gasteiger charge is -2.45. The molecule has 130 valence electrons. The van der Waals surface area contributed by atoms with E-state index in [1.165, 1.54) is 0 Å². The van der Waals surface area contributed by atoms with Gasteiger partial charge in [-0.3, -0.25) is 9.59 Å². The minimum Gasteiger partial charge on any atom is -0.384 e. The van der Waals surface area contributed by atoms with Crippen LogP contribution in [0.3, 0.4) is 0 Å². The lowest BCUT2D eigenvalue weighted by molar-refractivity contribution is -0.154. The summed E-state index contributed by atoms with van der Waals surface area (Å²) in [5, 5.41) is 0. The molecule has 1 aliphatic carbocycles. The zero-order chi connectivity index (χ0) is 17.0. The Labute approximate surface area is 144 Å². The third-order valence-electron chi connectivity index (χ3n) is 5.57. The van der Waals surface area contributed by atoms with Crippen LogP contribution in [0.25, 0.3) is 0 Å². The van der Waals surface area contributed by atoms with Gasteiger partial charge in [0.15, 0.2) is 0 Å². The summed E-state index contributed by atoms with van der Waals surface area (Å²) >= 11 is 0. The molecular formula is C20H27NO3. The van der Waals surface area contributed by atoms with Gasteiger partial charge in [-0.1, -0.05) is 36.8 Å². The van der Waals surface area contributed by atoms with Crippen LogP contribution in [0.15, 0.2) is 30.3 Å². The van der Waals surface area contributed by atoms with E-state index in [1.807, 2.05) is 35.2 Å². The number of carbonyl (C=O) groups is 2. The Morgan fingerprint density at radius 3 is 2.58 bits per heavy atom. The van der Waals surface area contributed by atoms with Gasteiger partial charge in [0.05, 0.1) is 12.0 Å². The van der Waals surface area contributed by atoms with Crippen LogP contribution in [0.5, 0.6) is 0 Å². The number of hydrogen-bond acceptors (Lipinski definition) is 3. The van der Waals surface area contributed by atoms with Gasteiger partial charge in [0, 0.05) is 32.5 Å². The van der Waals surface area contributed by atoms with E-state index in [0.717, 1.165) is 44.2 Å². The molecule has 1 aromatic rings. The molecule has 1 unspecified atom stereocenters. The third-order valence-corrected chi connectivity index (χ3v) is 5.57. The number of benzene rings is 1. The average Bonchev–Trinajstić information content (AvgIpc) is 2.58. The smallest absolute Gasteiger partial charge is 0.231 e. The van der Waals surface area contributed by atoms with E-state index in [4.69, 9.17) is 4.74 Å². The van der Waals surface area contributed by atoms with Crippen molar-refractivity contribution < 1.29 is 14.3 Å². The molecule has 1 atom stereocenters. The van der Waals surface area contributed by atoms with Gasteiger partial charge in [0.25, 0.3) is 0 Å². The van der Waals surface area contributed by atoms with E-state index in [-0.39, 0.29) is 23.0 Å². The van der Waals surface area contributed by atoms with E-state index in [0.29, 0.717) is 19.6 Å². The number of hydrogen-bond donors (Lipinski definition) is 0. The summed E-state index contributed by atoms with van der Waals surface area (Å²) in [6.45, 7) is 1.86. The number of Topliss-reactive ketones (excluding diaryl/α,β-unsaturated/α-hetero) is 1. The Morgan fingerprint density at radius 2 is 1.96 bits per heavy atom. The summed E-state index contributed by atoms with van der Waals surface area (Å²) in [5.41, 5.74) is 0.736. The fourth-order valence-corrected chi connectivity index (χ4v) is 4.00. The molecule has 0 bridgehead atoms. The maximum Gasteiger partial charge on any atom is 0.231 e. The lowest BCUT2D eigenvalue weighted by atomic mass is 9.68. The molecule has 1 aromatic carbocycles. The van der Waals surface area contributed by atoms with E-state index in [1.54, 1.807) is 7.11 Å². The van der Waals surface area contributed by atoms with Gasteiger partial charge < -0.3 is 9.64 Å². The van der Waals surface area contributed by atoms with Crippen LogP contribution in [-0.4, -0.2) is 43.4 Å².